The molecule has 0 N–H and O–H groups in total. The number of rotatable bonds is 4. The van der Waals surface area contributed by atoms with Gasteiger partial charge in [0.2, 0.25) is 0 Å². The molecule has 0 radical (unpaired) electrons. The fourth-order valence-corrected chi connectivity index (χ4v) is 3.32. The largest absolute Gasteiger partial charge is 0.368 e. The molecule has 1 unspecified atom stereocenters. The molecule has 0 saturated carbocycles. The minimum atomic E-state index is -0.543. The van der Waals surface area contributed by atoms with Crippen LogP contribution >= 0.6 is 0 Å². The van der Waals surface area contributed by atoms with Crippen LogP contribution in [0.4, 0.5) is 14.5 Å². The highest BCUT2D eigenvalue weighted by molar-refractivity contribution is 5.48. The summed E-state index contributed by atoms with van der Waals surface area (Å²) in [5.74, 6) is -0.0944. The molecule has 5 nitrogen and oxygen atoms in total. The van der Waals surface area contributed by atoms with Crippen molar-refractivity contribution in [3.63, 3.8) is 0 Å². The summed E-state index contributed by atoms with van der Waals surface area (Å²) < 4.78 is 29.2. The quantitative estimate of drug-likeness (QED) is 0.849. The minimum Gasteiger partial charge on any atom is -0.368 e. The van der Waals surface area contributed by atoms with Gasteiger partial charge in [0.1, 0.15) is 23.8 Å². The molecular weight excluding hydrogens is 324 g/mol. The van der Waals surface area contributed by atoms with Crippen LogP contribution in [0.5, 0.6) is 0 Å². The number of halogens is 2. The highest BCUT2D eigenvalue weighted by Gasteiger charge is 2.24. The summed E-state index contributed by atoms with van der Waals surface area (Å²) in [7, 11) is 0. The molecule has 2 aromatic rings. The molecule has 0 amide bonds. The predicted octanol–water partition coefficient (Wildman–Crippen LogP) is 3.24. The molecule has 1 atom stereocenters. The Morgan fingerprint density at radius 1 is 1.20 bits per heavy atom. The van der Waals surface area contributed by atoms with Crippen molar-refractivity contribution in [3.05, 3.63) is 42.0 Å². The van der Waals surface area contributed by atoms with E-state index in [-0.39, 0.29) is 6.04 Å². The molecule has 0 aliphatic carbocycles. The van der Waals surface area contributed by atoms with Gasteiger partial charge < -0.3 is 4.90 Å². The summed E-state index contributed by atoms with van der Waals surface area (Å²) in [6, 6.07) is 4.41. The molecule has 0 spiro atoms. The van der Waals surface area contributed by atoms with Gasteiger partial charge in [0.05, 0.1) is 12.2 Å². The van der Waals surface area contributed by atoms with Crippen molar-refractivity contribution >= 4 is 5.69 Å². The Hall–Kier alpha value is -2.02. The molecule has 2 heterocycles. The SMILES string of the molecule is CC1CCN(c2ccc(F)cc2F)CCN1Cc1ncnn1C(C)C. The lowest BCUT2D eigenvalue weighted by Crippen LogP contribution is -2.35. The lowest BCUT2D eigenvalue weighted by molar-refractivity contribution is 0.201. The van der Waals surface area contributed by atoms with Gasteiger partial charge in [-0.2, -0.15) is 5.10 Å². The Morgan fingerprint density at radius 3 is 2.72 bits per heavy atom. The van der Waals surface area contributed by atoms with E-state index < -0.39 is 11.6 Å². The van der Waals surface area contributed by atoms with Gasteiger partial charge >= 0.3 is 0 Å². The van der Waals surface area contributed by atoms with Crippen LogP contribution in [0.15, 0.2) is 24.5 Å². The third-order valence-electron chi connectivity index (χ3n) is 4.83. The lowest BCUT2D eigenvalue weighted by atomic mass is 10.2. The van der Waals surface area contributed by atoms with E-state index in [1.165, 1.54) is 12.1 Å². The van der Waals surface area contributed by atoms with E-state index in [1.807, 2.05) is 9.58 Å². The zero-order valence-electron chi connectivity index (χ0n) is 15.0. The van der Waals surface area contributed by atoms with E-state index >= 15 is 0 Å². The molecule has 1 aliphatic heterocycles. The zero-order chi connectivity index (χ0) is 18.0. The Bertz CT molecular complexity index is 715. The zero-order valence-corrected chi connectivity index (χ0v) is 15.0. The Kier molecular flexibility index (Phi) is 5.32. The monoisotopic (exact) mass is 349 g/mol. The Morgan fingerprint density at radius 2 is 2.00 bits per heavy atom. The number of hydrogen-bond donors (Lipinski definition) is 0. The first-order valence-corrected chi connectivity index (χ1v) is 8.78. The van der Waals surface area contributed by atoms with Crippen LogP contribution in [0.1, 0.15) is 39.1 Å². The number of anilines is 1. The fraction of sp³-hybridized carbons (Fsp3) is 0.556. The Balaban J connectivity index is 1.71. The maximum atomic E-state index is 14.1. The standard InChI is InChI=1S/C18H25F2N5/c1-13(2)25-18(21-12-22-25)11-24-9-8-23(7-6-14(24)3)17-5-4-15(19)10-16(17)20/h4-5,10,12-14H,6-9,11H2,1-3H3. The van der Waals surface area contributed by atoms with E-state index in [0.717, 1.165) is 37.9 Å². The molecule has 1 aliphatic rings. The molecule has 1 saturated heterocycles. The molecule has 7 heteroatoms. The topological polar surface area (TPSA) is 37.2 Å². The summed E-state index contributed by atoms with van der Waals surface area (Å²) in [6.07, 6.45) is 2.50. The van der Waals surface area contributed by atoms with Crippen molar-refractivity contribution in [3.8, 4) is 0 Å². The molecule has 25 heavy (non-hydrogen) atoms. The van der Waals surface area contributed by atoms with Gasteiger partial charge in [-0.3, -0.25) is 4.90 Å². The number of hydrogen-bond acceptors (Lipinski definition) is 4. The molecule has 1 aromatic heterocycles. The summed E-state index contributed by atoms with van der Waals surface area (Å²) in [4.78, 5) is 8.74. The van der Waals surface area contributed by atoms with Crippen molar-refractivity contribution in [2.45, 2.75) is 45.8 Å². The minimum absolute atomic E-state index is 0.268. The number of aromatic nitrogens is 3. The number of benzene rings is 1. The summed E-state index contributed by atoms with van der Waals surface area (Å²) in [5, 5.41) is 4.30. The fourth-order valence-electron chi connectivity index (χ4n) is 3.32. The van der Waals surface area contributed by atoms with E-state index in [9.17, 15) is 8.78 Å². The van der Waals surface area contributed by atoms with E-state index in [2.05, 4.69) is 35.8 Å². The van der Waals surface area contributed by atoms with Crippen LogP contribution in [-0.2, 0) is 6.54 Å². The van der Waals surface area contributed by atoms with E-state index in [1.54, 1.807) is 6.33 Å². The predicted molar refractivity (Wildman–Crippen MR) is 93.5 cm³/mol. The Labute approximate surface area is 147 Å². The first-order valence-electron chi connectivity index (χ1n) is 8.78. The summed E-state index contributed by atoms with van der Waals surface area (Å²) >= 11 is 0. The van der Waals surface area contributed by atoms with Crippen LogP contribution in [-0.4, -0.2) is 45.3 Å². The van der Waals surface area contributed by atoms with Gasteiger partial charge in [-0.05, 0) is 39.3 Å². The maximum Gasteiger partial charge on any atom is 0.149 e. The van der Waals surface area contributed by atoms with Gasteiger partial charge in [-0.25, -0.2) is 18.4 Å². The summed E-state index contributed by atoms with van der Waals surface area (Å²) in [5.41, 5.74) is 0.473. The van der Waals surface area contributed by atoms with Gasteiger partial charge in [-0.15, -0.1) is 0 Å². The third kappa shape index (κ3) is 3.98. The van der Waals surface area contributed by atoms with Crippen molar-refractivity contribution < 1.29 is 8.78 Å². The second-order valence-corrected chi connectivity index (χ2v) is 6.91. The second-order valence-electron chi connectivity index (χ2n) is 6.91. The van der Waals surface area contributed by atoms with Gasteiger partial charge in [0.25, 0.3) is 0 Å². The van der Waals surface area contributed by atoms with Crippen molar-refractivity contribution in [1.29, 1.82) is 0 Å². The van der Waals surface area contributed by atoms with Crippen molar-refractivity contribution in [2.24, 2.45) is 0 Å². The first-order chi connectivity index (χ1) is 12.0. The van der Waals surface area contributed by atoms with Crippen molar-refractivity contribution in [2.75, 3.05) is 24.5 Å². The molecular formula is C18H25F2N5. The normalized spacial score (nSPS) is 19.4. The van der Waals surface area contributed by atoms with Gasteiger partial charge in [0, 0.05) is 37.8 Å². The summed E-state index contributed by atoms with van der Waals surface area (Å²) in [6.45, 7) is 9.31. The molecule has 136 valence electrons. The van der Waals surface area contributed by atoms with Gasteiger partial charge in [0.15, 0.2) is 0 Å². The van der Waals surface area contributed by atoms with Crippen LogP contribution in [0.2, 0.25) is 0 Å². The average Bonchev–Trinajstić information content (AvgIpc) is 2.95. The maximum absolute atomic E-state index is 14.1. The van der Waals surface area contributed by atoms with Crippen LogP contribution < -0.4 is 4.90 Å². The van der Waals surface area contributed by atoms with E-state index in [0.29, 0.717) is 18.3 Å². The number of nitrogens with zero attached hydrogens (tertiary/aromatic N) is 5. The molecule has 0 bridgehead atoms. The molecule has 1 fully saturated rings. The third-order valence-corrected chi connectivity index (χ3v) is 4.83. The average molecular weight is 349 g/mol. The molecule has 1 aromatic carbocycles. The van der Waals surface area contributed by atoms with Gasteiger partial charge in [-0.1, -0.05) is 0 Å². The highest BCUT2D eigenvalue weighted by atomic mass is 19.1. The first kappa shape index (κ1) is 17.8. The van der Waals surface area contributed by atoms with Crippen LogP contribution in [0, 0.1) is 11.6 Å². The molecule has 3 rings (SSSR count). The van der Waals surface area contributed by atoms with Crippen molar-refractivity contribution in [1.82, 2.24) is 19.7 Å². The highest BCUT2D eigenvalue weighted by Crippen LogP contribution is 2.23. The van der Waals surface area contributed by atoms with E-state index in [4.69, 9.17) is 0 Å². The smallest absolute Gasteiger partial charge is 0.149 e. The lowest BCUT2D eigenvalue weighted by Gasteiger charge is -2.26. The second kappa shape index (κ2) is 7.47. The van der Waals surface area contributed by atoms with Crippen LogP contribution in [0.25, 0.3) is 0 Å². The van der Waals surface area contributed by atoms with Crippen LogP contribution in [0.3, 0.4) is 0 Å².